The third-order valence-corrected chi connectivity index (χ3v) is 3.60. The zero-order chi connectivity index (χ0) is 13.8. The first-order valence-electron chi connectivity index (χ1n) is 5.19. The van der Waals surface area contributed by atoms with E-state index in [1.807, 2.05) is 22.6 Å². The summed E-state index contributed by atoms with van der Waals surface area (Å²) >= 11 is 3.60. The molecular formula is C13H8I2O4. The maximum atomic E-state index is 11.4. The maximum absolute atomic E-state index is 11.4. The lowest BCUT2D eigenvalue weighted by atomic mass is 10.2. The minimum absolute atomic E-state index is 0.182. The fourth-order valence-electron chi connectivity index (χ4n) is 1.42. The van der Waals surface area contributed by atoms with E-state index < -0.39 is 0 Å². The Morgan fingerprint density at radius 2 is 1.68 bits per heavy atom. The number of ether oxygens (including phenoxy) is 1. The molecule has 2 aromatic rings. The maximum Gasteiger partial charge on any atom is 0.348 e. The molecular weight excluding hydrogens is 474 g/mol. The number of benzene rings is 2. The monoisotopic (exact) mass is 482 g/mol. The van der Waals surface area contributed by atoms with Gasteiger partial charge in [-0.2, -0.15) is 0 Å². The van der Waals surface area contributed by atoms with Crippen molar-refractivity contribution in [1.82, 2.24) is 0 Å². The number of hydrogen-bond donors (Lipinski definition) is 1. The van der Waals surface area contributed by atoms with Crippen molar-refractivity contribution in [3.8, 4) is 17.2 Å². The van der Waals surface area contributed by atoms with Crippen LogP contribution in [0.1, 0.15) is 10.4 Å². The predicted octanol–water partition coefficient (Wildman–Crippen LogP) is 4.30. The molecule has 98 valence electrons. The van der Waals surface area contributed by atoms with E-state index in [4.69, 9.17) is 4.74 Å². The van der Waals surface area contributed by atoms with E-state index in [1.54, 1.807) is 65.5 Å². The summed E-state index contributed by atoms with van der Waals surface area (Å²) in [6.07, 6.45) is 0. The van der Waals surface area contributed by atoms with Gasteiger partial charge in [0.15, 0.2) is 23.0 Å². The number of hydrogen-bond acceptors (Lipinski definition) is 4. The van der Waals surface area contributed by atoms with Crippen LogP contribution in [-0.4, -0.2) is 11.1 Å². The molecule has 0 saturated carbocycles. The van der Waals surface area contributed by atoms with Gasteiger partial charge in [0.05, 0.1) is 5.56 Å². The van der Waals surface area contributed by atoms with E-state index in [9.17, 15) is 9.90 Å². The summed E-state index contributed by atoms with van der Waals surface area (Å²) in [6.45, 7) is 0. The summed E-state index contributed by atoms with van der Waals surface area (Å²) in [6, 6.07) is 11.5. The molecule has 0 saturated heterocycles. The van der Waals surface area contributed by atoms with Gasteiger partial charge in [-0.25, -0.2) is 4.79 Å². The molecule has 0 aromatic heterocycles. The molecule has 0 fully saturated rings. The highest BCUT2D eigenvalue weighted by molar-refractivity contribution is 14.1. The zero-order valence-corrected chi connectivity index (χ0v) is 13.8. The summed E-state index contributed by atoms with van der Waals surface area (Å²) in [7, 11) is 0. The van der Waals surface area contributed by atoms with Crippen LogP contribution in [0.5, 0.6) is 17.2 Å². The number of rotatable bonds is 3. The molecule has 4 nitrogen and oxygen atoms in total. The van der Waals surface area contributed by atoms with Gasteiger partial charge in [-0.1, -0.05) is 0 Å². The third-order valence-electron chi connectivity index (χ3n) is 2.30. The van der Waals surface area contributed by atoms with Crippen LogP contribution in [0.2, 0.25) is 0 Å². The summed E-state index contributed by atoms with van der Waals surface area (Å²) < 4.78 is 11.0. The third kappa shape index (κ3) is 3.72. The Morgan fingerprint density at radius 1 is 1.05 bits per heavy atom. The first-order valence-corrected chi connectivity index (χ1v) is 7.15. The lowest BCUT2D eigenvalue weighted by molar-refractivity contribution is 0.0799. The van der Waals surface area contributed by atoms with Crippen LogP contribution >= 0.6 is 45.6 Å². The second-order valence-electron chi connectivity index (χ2n) is 3.60. The van der Waals surface area contributed by atoms with Crippen LogP contribution in [0.3, 0.4) is 0 Å². The van der Waals surface area contributed by atoms with Crippen molar-refractivity contribution < 1.29 is 17.7 Å². The molecule has 0 amide bonds. The average Bonchev–Trinajstić information content (AvgIpc) is 2.41. The van der Waals surface area contributed by atoms with E-state index in [0.717, 1.165) is 3.57 Å². The Morgan fingerprint density at radius 3 is 2.26 bits per heavy atom. The fraction of sp³-hybridized carbons (Fsp3) is 0. The van der Waals surface area contributed by atoms with E-state index >= 15 is 0 Å². The van der Waals surface area contributed by atoms with Gasteiger partial charge in [-0.3, -0.25) is 0 Å². The lowest BCUT2D eigenvalue weighted by Crippen LogP contribution is -2.00. The van der Waals surface area contributed by atoms with Crippen molar-refractivity contribution in [3.63, 3.8) is 0 Å². The van der Waals surface area contributed by atoms with E-state index in [1.165, 1.54) is 0 Å². The second-order valence-corrected chi connectivity index (χ2v) is 5.20. The topological polar surface area (TPSA) is 55.8 Å². The van der Waals surface area contributed by atoms with Gasteiger partial charge in [0, 0.05) is 3.57 Å². The van der Waals surface area contributed by atoms with E-state index in [-0.39, 0.29) is 11.7 Å². The van der Waals surface area contributed by atoms with Gasteiger partial charge in [0.2, 0.25) is 0 Å². The number of phenols is 1. The highest BCUT2D eigenvalue weighted by Gasteiger charge is 2.11. The molecule has 1 N–H and O–H groups in total. The van der Waals surface area contributed by atoms with Crippen molar-refractivity contribution in [2.24, 2.45) is 0 Å². The predicted molar refractivity (Wildman–Crippen MR) is 86.8 cm³/mol. The summed E-state index contributed by atoms with van der Waals surface area (Å²) in [5, 5.41) is 9.18. The smallest absolute Gasteiger partial charge is 0.348 e. The molecule has 0 aliphatic heterocycles. The Labute approximate surface area is 137 Å². The Hall–Kier alpha value is -1.03. The summed E-state index contributed by atoms with van der Waals surface area (Å²) in [5.74, 6) is 1.01. The Bertz CT molecular complexity index is 596. The van der Waals surface area contributed by atoms with Gasteiger partial charge < -0.3 is 12.9 Å². The molecule has 19 heavy (non-hydrogen) atoms. The average molecular weight is 482 g/mol. The molecule has 2 aromatic carbocycles. The quantitative estimate of drug-likeness (QED) is 0.664. The Balaban J connectivity index is 2.20. The normalized spacial score (nSPS) is 10.0. The van der Waals surface area contributed by atoms with Crippen LogP contribution in [0.15, 0.2) is 42.5 Å². The van der Waals surface area contributed by atoms with Gasteiger partial charge in [0.25, 0.3) is 0 Å². The van der Waals surface area contributed by atoms with Crippen LogP contribution < -0.4 is 4.74 Å². The van der Waals surface area contributed by atoms with E-state index in [2.05, 4.69) is 3.07 Å². The van der Waals surface area contributed by atoms with E-state index in [0.29, 0.717) is 17.1 Å². The largest absolute Gasteiger partial charge is 0.508 e. The van der Waals surface area contributed by atoms with Gasteiger partial charge in [-0.05, 0) is 65.1 Å². The number of phenolic OH excluding ortho intramolecular Hbond substituents is 1. The van der Waals surface area contributed by atoms with Gasteiger partial charge in [0.1, 0.15) is 17.2 Å². The van der Waals surface area contributed by atoms with Crippen LogP contribution in [0.4, 0.5) is 0 Å². The minimum Gasteiger partial charge on any atom is -0.508 e. The van der Waals surface area contributed by atoms with Gasteiger partial charge in [-0.15, -0.1) is 0 Å². The van der Waals surface area contributed by atoms with Crippen molar-refractivity contribution >= 4 is 51.6 Å². The minimum atomic E-state index is -0.388. The van der Waals surface area contributed by atoms with Gasteiger partial charge >= 0.3 is 5.97 Å². The summed E-state index contributed by atoms with van der Waals surface area (Å²) in [4.78, 5) is 11.4. The molecule has 6 heteroatoms. The molecule has 0 aliphatic rings. The number of halogens is 2. The number of carbonyl (C=O) groups is 1. The molecule has 0 radical (unpaired) electrons. The second kappa shape index (κ2) is 6.42. The molecule has 0 heterocycles. The molecule has 2 rings (SSSR count). The van der Waals surface area contributed by atoms with Crippen LogP contribution in [0.25, 0.3) is 0 Å². The summed E-state index contributed by atoms with van der Waals surface area (Å²) in [5.41, 5.74) is 0.494. The zero-order valence-electron chi connectivity index (χ0n) is 9.47. The van der Waals surface area contributed by atoms with Crippen molar-refractivity contribution in [2.75, 3.05) is 0 Å². The number of aromatic hydroxyl groups is 1. The first-order chi connectivity index (χ1) is 9.10. The fourth-order valence-corrected chi connectivity index (χ4v) is 2.36. The lowest BCUT2D eigenvalue weighted by Gasteiger charge is -2.07. The highest BCUT2D eigenvalue weighted by Crippen LogP contribution is 2.26. The Kier molecular flexibility index (Phi) is 4.86. The molecule has 0 bridgehead atoms. The SMILES string of the molecule is O=C(OI)c1ccc(Oc2ccc(O)cc2)cc1I. The van der Waals surface area contributed by atoms with Crippen molar-refractivity contribution in [3.05, 3.63) is 51.6 Å². The van der Waals surface area contributed by atoms with Crippen LogP contribution in [-0.2, 0) is 3.07 Å². The molecule has 0 aliphatic carbocycles. The molecule has 0 spiro atoms. The standard InChI is InChI=1S/C13H8I2O4/c14-12-7-10(5-6-11(12)13(17)19-15)18-9-3-1-8(16)2-4-9/h1-7,16H. The molecule has 0 unspecified atom stereocenters. The van der Waals surface area contributed by atoms with Crippen molar-refractivity contribution in [2.45, 2.75) is 0 Å². The number of carbonyl (C=O) groups excluding carboxylic acids is 1. The van der Waals surface area contributed by atoms with Crippen molar-refractivity contribution in [1.29, 1.82) is 0 Å². The van der Waals surface area contributed by atoms with Crippen LogP contribution in [0, 0.1) is 3.57 Å². The molecule has 0 atom stereocenters. The first kappa shape index (κ1) is 14.4. The highest BCUT2D eigenvalue weighted by atomic mass is 127.